The molecule has 0 bridgehead atoms. The van der Waals surface area contributed by atoms with Crippen molar-refractivity contribution in [2.45, 2.75) is 51.5 Å². The van der Waals surface area contributed by atoms with Crippen LogP contribution in [-0.4, -0.2) is 39.1 Å². The molecule has 1 fully saturated rings. The standard InChI is InChI=1S/C27H29ClN4O3S/c1-18-23(17-26(33)31(32-29-14-15-36-32)21-6-4-3-5-7-21)24-16-22(35-2)12-13-25(24)30(18)27(34)19-8-10-20(28)11-9-19/h8-16,21,29H,3-7,17H2,1-2H3. The van der Waals surface area contributed by atoms with Gasteiger partial charge in [-0.2, -0.15) is 0 Å². The Morgan fingerprint density at radius 3 is 2.56 bits per heavy atom. The van der Waals surface area contributed by atoms with Gasteiger partial charge < -0.3 is 4.74 Å². The van der Waals surface area contributed by atoms with Crippen LogP contribution >= 0.6 is 23.5 Å². The van der Waals surface area contributed by atoms with Gasteiger partial charge in [0, 0.05) is 33.3 Å². The van der Waals surface area contributed by atoms with E-state index < -0.39 is 0 Å². The number of benzene rings is 2. The minimum Gasteiger partial charge on any atom is -0.497 e. The van der Waals surface area contributed by atoms with Gasteiger partial charge in [-0.05, 0) is 79.7 Å². The van der Waals surface area contributed by atoms with E-state index in [0.29, 0.717) is 16.3 Å². The number of hydrogen-bond donors (Lipinski definition) is 1. The summed E-state index contributed by atoms with van der Waals surface area (Å²) in [5.41, 5.74) is 6.02. The third-order valence-corrected chi connectivity index (χ3v) is 7.94. The predicted molar refractivity (Wildman–Crippen MR) is 144 cm³/mol. The number of ether oxygens (including phenoxy) is 1. The molecule has 0 unspecified atom stereocenters. The average molecular weight is 525 g/mol. The number of fused-ring (bicyclic) bond motifs is 1. The maximum atomic E-state index is 13.9. The van der Waals surface area contributed by atoms with Crippen LogP contribution in [0.1, 0.15) is 53.7 Å². The fourth-order valence-electron chi connectivity index (χ4n) is 5.13. The van der Waals surface area contributed by atoms with E-state index in [-0.39, 0.29) is 24.3 Å². The monoisotopic (exact) mass is 524 g/mol. The molecule has 2 aliphatic rings. The molecular formula is C27H29ClN4O3S. The van der Waals surface area contributed by atoms with Gasteiger partial charge in [0.15, 0.2) is 0 Å². The Morgan fingerprint density at radius 1 is 1.14 bits per heavy atom. The molecule has 3 aromatic rings. The number of nitrogens with zero attached hydrogens (tertiary/aromatic N) is 3. The van der Waals surface area contributed by atoms with Crippen LogP contribution < -0.4 is 10.2 Å². The summed E-state index contributed by atoms with van der Waals surface area (Å²) < 4.78 is 9.00. The predicted octanol–water partition coefficient (Wildman–Crippen LogP) is 5.86. The number of carbonyl (C=O) groups excluding carboxylic acids is 2. The summed E-state index contributed by atoms with van der Waals surface area (Å²) >= 11 is 7.50. The van der Waals surface area contributed by atoms with Crippen molar-refractivity contribution in [3.8, 4) is 5.75 Å². The first kappa shape index (κ1) is 24.7. The van der Waals surface area contributed by atoms with Crippen molar-refractivity contribution < 1.29 is 14.3 Å². The fourth-order valence-corrected chi connectivity index (χ4v) is 5.94. The first-order chi connectivity index (χ1) is 17.5. The van der Waals surface area contributed by atoms with E-state index in [0.717, 1.165) is 47.8 Å². The summed E-state index contributed by atoms with van der Waals surface area (Å²) in [6.07, 6.45) is 7.40. The quantitative estimate of drug-likeness (QED) is 0.407. The zero-order chi connectivity index (χ0) is 25.2. The summed E-state index contributed by atoms with van der Waals surface area (Å²) in [5, 5.41) is 5.21. The van der Waals surface area contributed by atoms with E-state index in [1.54, 1.807) is 35.9 Å². The lowest BCUT2D eigenvalue weighted by atomic mass is 9.94. The lowest BCUT2D eigenvalue weighted by Gasteiger charge is -2.38. The number of nitrogens with one attached hydrogen (secondary N) is 1. The average Bonchev–Trinajstić information content (AvgIpc) is 3.51. The summed E-state index contributed by atoms with van der Waals surface area (Å²) in [6, 6.07) is 12.6. The SMILES string of the molecule is COc1ccc2c(c1)c(CC(=O)N(C1CCCCC1)N1NC=CS1)c(C)n2C(=O)c1ccc(Cl)cc1. The molecular weight excluding hydrogens is 496 g/mol. The van der Waals surface area contributed by atoms with Crippen LogP contribution in [0.4, 0.5) is 0 Å². The molecule has 2 heterocycles. The Hall–Kier alpha value is -2.94. The van der Waals surface area contributed by atoms with Gasteiger partial charge in [-0.25, -0.2) is 5.01 Å². The van der Waals surface area contributed by atoms with Gasteiger partial charge >= 0.3 is 0 Å². The highest BCUT2D eigenvalue weighted by molar-refractivity contribution is 8.00. The largest absolute Gasteiger partial charge is 0.497 e. The van der Waals surface area contributed by atoms with Crippen LogP contribution in [0.15, 0.2) is 54.1 Å². The Kier molecular flexibility index (Phi) is 7.27. The van der Waals surface area contributed by atoms with Gasteiger partial charge in [0.05, 0.1) is 25.1 Å². The molecule has 9 heteroatoms. The maximum Gasteiger partial charge on any atom is 0.262 e. The molecule has 2 aromatic carbocycles. The number of amides is 1. The van der Waals surface area contributed by atoms with Crippen LogP contribution in [0.5, 0.6) is 5.75 Å². The van der Waals surface area contributed by atoms with Crippen molar-refractivity contribution in [2.24, 2.45) is 0 Å². The zero-order valence-corrected chi connectivity index (χ0v) is 21.9. The highest BCUT2D eigenvalue weighted by Gasteiger charge is 2.33. The molecule has 0 atom stereocenters. The lowest BCUT2D eigenvalue weighted by molar-refractivity contribution is -0.148. The van der Waals surface area contributed by atoms with Crippen LogP contribution in [0.2, 0.25) is 5.02 Å². The van der Waals surface area contributed by atoms with Crippen LogP contribution in [0.3, 0.4) is 0 Å². The van der Waals surface area contributed by atoms with E-state index in [2.05, 4.69) is 5.43 Å². The second kappa shape index (κ2) is 10.6. The Balaban J connectivity index is 1.55. The smallest absolute Gasteiger partial charge is 0.262 e. The molecule has 7 nitrogen and oxygen atoms in total. The number of methoxy groups -OCH3 is 1. The summed E-state index contributed by atoms with van der Waals surface area (Å²) in [4.78, 5) is 27.5. The molecule has 1 aromatic heterocycles. The van der Waals surface area contributed by atoms with Crippen molar-refractivity contribution in [1.29, 1.82) is 0 Å². The summed E-state index contributed by atoms with van der Waals surface area (Å²) in [6.45, 7) is 1.90. The number of rotatable bonds is 6. The Morgan fingerprint density at radius 2 is 1.89 bits per heavy atom. The molecule has 36 heavy (non-hydrogen) atoms. The molecule has 0 spiro atoms. The van der Waals surface area contributed by atoms with Crippen molar-refractivity contribution >= 4 is 46.3 Å². The van der Waals surface area contributed by atoms with Crippen molar-refractivity contribution in [3.63, 3.8) is 0 Å². The second-order valence-corrected chi connectivity index (χ2v) is 10.4. The van der Waals surface area contributed by atoms with E-state index in [1.807, 2.05) is 46.3 Å². The minimum absolute atomic E-state index is 0.00508. The first-order valence-electron chi connectivity index (χ1n) is 12.2. The molecule has 0 saturated heterocycles. The van der Waals surface area contributed by atoms with Crippen molar-refractivity contribution in [1.82, 2.24) is 19.5 Å². The zero-order valence-electron chi connectivity index (χ0n) is 20.4. The van der Waals surface area contributed by atoms with Gasteiger partial charge in [0.1, 0.15) is 5.75 Å². The Labute approximate surface area is 220 Å². The summed E-state index contributed by atoms with van der Waals surface area (Å²) in [7, 11) is 1.61. The molecule has 1 amide bonds. The fraction of sp³-hybridized carbons (Fsp3) is 0.333. The van der Waals surface area contributed by atoms with Crippen LogP contribution in [-0.2, 0) is 11.2 Å². The molecule has 5 rings (SSSR count). The first-order valence-corrected chi connectivity index (χ1v) is 13.4. The van der Waals surface area contributed by atoms with Crippen LogP contribution in [0, 0.1) is 6.92 Å². The van der Waals surface area contributed by atoms with Gasteiger partial charge in [-0.3, -0.25) is 19.6 Å². The van der Waals surface area contributed by atoms with Crippen LogP contribution in [0.25, 0.3) is 10.9 Å². The van der Waals surface area contributed by atoms with E-state index in [9.17, 15) is 9.59 Å². The number of aromatic nitrogens is 1. The van der Waals surface area contributed by atoms with Crippen molar-refractivity contribution in [2.75, 3.05) is 7.11 Å². The molecule has 1 aliphatic heterocycles. The number of hydrogen-bond acceptors (Lipinski definition) is 6. The van der Waals surface area contributed by atoms with E-state index >= 15 is 0 Å². The Bertz CT molecular complexity index is 1310. The van der Waals surface area contributed by atoms with Crippen molar-refractivity contribution in [3.05, 3.63) is 75.9 Å². The van der Waals surface area contributed by atoms with Gasteiger partial charge in [0.2, 0.25) is 5.91 Å². The van der Waals surface area contributed by atoms with Gasteiger partial charge in [-0.15, -0.1) is 0 Å². The molecule has 188 valence electrons. The molecule has 1 saturated carbocycles. The molecule has 1 N–H and O–H groups in total. The molecule has 1 aliphatic carbocycles. The highest BCUT2D eigenvalue weighted by Crippen LogP contribution is 2.33. The van der Waals surface area contributed by atoms with E-state index in [1.165, 1.54) is 18.4 Å². The summed E-state index contributed by atoms with van der Waals surface area (Å²) in [5.74, 6) is 0.509. The molecule has 0 radical (unpaired) electrons. The number of carbonyl (C=O) groups is 2. The maximum absolute atomic E-state index is 13.9. The number of hydrazine groups is 2. The second-order valence-electron chi connectivity index (χ2n) is 9.11. The topological polar surface area (TPSA) is 66.8 Å². The normalized spacial score (nSPS) is 16.3. The third-order valence-electron chi connectivity index (χ3n) is 6.95. The third kappa shape index (κ3) is 4.73. The van der Waals surface area contributed by atoms with Gasteiger partial charge in [0.25, 0.3) is 5.91 Å². The van der Waals surface area contributed by atoms with Gasteiger partial charge in [-0.1, -0.05) is 35.4 Å². The lowest BCUT2D eigenvalue weighted by Crippen LogP contribution is -2.53. The van der Waals surface area contributed by atoms with E-state index in [4.69, 9.17) is 16.3 Å². The highest BCUT2D eigenvalue weighted by atomic mass is 35.5. The number of halogens is 1. The minimum atomic E-state index is -0.164.